The molecule has 1 N–H and O–H groups in total. The lowest BCUT2D eigenvalue weighted by molar-refractivity contribution is 0.390. The third kappa shape index (κ3) is 2.82. The molecule has 8 nitrogen and oxygen atoms in total. The zero-order valence-electron chi connectivity index (χ0n) is 14.0. The summed E-state index contributed by atoms with van der Waals surface area (Å²) in [6.07, 6.45) is 5.35. The highest BCUT2D eigenvalue weighted by atomic mass is 32.2. The van der Waals surface area contributed by atoms with Gasteiger partial charge in [0.2, 0.25) is 5.78 Å². The van der Waals surface area contributed by atoms with E-state index < -0.39 is 10.0 Å². The maximum Gasteiger partial charge on any atom is 0.267 e. The second-order valence-electron chi connectivity index (χ2n) is 5.79. The number of sulfonamides is 1. The summed E-state index contributed by atoms with van der Waals surface area (Å²) < 4.78 is 34.6. The Kier molecular flexibility index (Phi) is 3.73. The topological polar surface area (TPSA) is 102 Å². The van der Waals surface area contributed by atoms with Gasteiger partial charge in [0.05, 0.1) is 5.69 Å². The van der Waals surface area contributed by atoms with Gasteiger partial charge in [-0.05, 0) is 32.0 Å². The van der Waals surface area contributed by atoms with E-state index in [2.05, 4.69) is 19.8 Å². The minimum absolute atomic E-state index is 0.0554. The lowest BCUT2D eigenvalue weighted by Gasteiger charge is -2.08. The number of benzene rings is 1. The van der Waals surface area contributed by atoms with Crippen LogP contribution in [-0.4, -0.2) is 27.9 Å². The number of hydrogen-bond acceptors (Lipinski definition) is 6. The van der Waals surface area contributed by atoms with Gasteiger partial charge in [-0.1, -0.05) is 17.3 Å². The van der Waals surface area contributed by atoms with Crippen molar-refractivity contribution in [3.63, 3.8) is 0 Å². The second kappa shape index (κ2) is 5.95. The van der Waals surface area contributed by atoms with E-state index >= 15 is 0 Å². The molecule has 0 bridgehead atoms. The van der Waals surface area contributed by atoms with Crippen molar-refractivity contribution >= 4 is 21.5 Å². The first-order valence-corrected chi connectivity index (χ1v) is 9.28. The van der Waals surface area contributed by atoms with Gasteiger partial charge < -0.3 is 4.52 Å². The number of nitrogens with one attached hydrogen (secondary N) is 1. The van der Waals surface area contributed by atoms with Crippen LogP contribution >= 0.6 is 0 Å². The molecule has 0 saturated carbocycles. The lowest BCUT2D eigenvalue weighted by atomic mass is 10.1. The van der Waals surface area contributed by atoms with Gasteiger partial charge in [0.25, 0.3) is 10.0 Å². The van der Waals surface area contributed by atoms with Crippen LogP contribution in [0, 0.1) is 13.8 Å². The van der Waals surface area contributed by atoms with Crippen LogP contribution in [0.3, 0.4) is 0 Å². The summed E-state index contributed by atoms with van der Waals surface area (Å²) in [5.41, 5.74) is 2.21. The summed E-state index contributed by atoms with van der Waals surface area (Å²) in [6, 6.07) is 8.82. The maximum atomic E-state index is 12.7. The zero-order chi connectivity index (χ0) is 18.3. The van der Waals surface area contributed by atoms with Gasteiger partial charge in [-0.25, -0.2) is 18.4 Å². The smallest absolute Gasteiger partial charge is 0.267 e. The van der Waals surface area contributed by atoms with E-state index in [1.165, 1.54) is 0 Å². The van der Waals surface area contributed by atoms with E-state index in [-0.39, 0.29) is 10.7 Å². The predicted molar refractivity (Wildman–Crippen MR) is 95.2 cm³/mol. The number of anilines is 1. The van der Waals surface area contributed by atoms with Gasteiger partial charge in [0.1, 0.15) is 5.69 Å². The molecule has 3 aromatic heterocycles. The van der Waals surface area contributed by atoms with Crippen LogP contribution < -0.4 is 4.72 Å². The van der Waals surface area contributed by atoms with Gasteiger partial charge in [0, 0.05) is 29.8 Å². The number of aromatic nitrogens is 4. The molecule has 9 heteroatoms. The molecule has 4 rings (SSSR count). The zero-order valence-corrected chi connectivity index (χ0v) is 14.9. The number of hydrogen-bond donors (Lipinski definition) is 1. The Labute approximate surface area is 149 Å². The Morgan fingerprint density at radius 2 is 2.04 bits per heavy atom. The second-order valence-corrected chi connectivity index (χ2v) is 7.41. The Bertz CT molecular complexity index is 1160. The SMILES string of the molecule is Cc1noc(C)c1S(=O)(=O)Nc1cccc(-c2cn3cccnc3n2)c1. The van der Waals surface area contributed by atoms with Crippen molar-refractivity contribution in [2.75, 3.05) is 4.72 Å². The van der Waals surface area contributed by atoms with Crippen molar-refractivity contribution < 1.29 is 12.9 Å². The summed E-state index contributed by atoms with van der Waals surface area (Å²) in [4.78, 5) is 8.69. The largest absolute Gasteiger partial charge is 0.360 e. The number of fused-ring (bicyclic) bond motifs is 1. The highest BCUT2D eigenvalue weighted by molar-refractivity contribution is 7.92. The van der Waals surface area contributed by atoms with Crippen molar-refractivity contribution in [3.05, 3.63) is 60.4 Å². The van der Waals surface area contributed by atoms with Gasteiger partial charge >= 0.3 is 0 Å². The van der Waals surface area contributed by atoms with E-state index in [0.717, 1.165) is 5.56 Å². The van der Waals surface area contributed by atoms with Gasteiger partial charge in [-0.3, -0.25) is 9.12 Å². The van der Waals surface area contributed by atoms with Gasteiger partial charge in [-0.15, -0.1) is 0 Å². The van der Waals surface area contributed by atoms with Crippen molar-refractivity contribution in [1.29, 1.82) is 0 Å². The molecule has 0 fully saturated rings. The summed E-state index contributed by atoms with van der Waals surface area (Å²) in [6.45, 7) is 3.15. The fourth-order valence-corrected chi connectivity index (χ4v) is 4.16. The fraction of sp³-hybridized carbons (Fsp3) is 0.118. The average Bonchev–Trinajstić information content (AvgIpc) is 3.18. The molecular formula is C17H15N5O3S. The van der Waals surface area contributed by atoms with E-state index in [0.29, 0.717) is 22.9 Å². The average molecular weight is 369 g/mol. The molecular weight excluding hydrogens is 354 g/mol. The molecule has 0 radical (unpaired) electrons. The molecule has 4 aromatic rings. The number of rotatable bonds is 4. The van der Waals surface area contributed by atoms with Crippen LogP contribution in [0.25, 0.3) is 17.0 Å². The third-order valence-electron chi connectivity index (χ3n) is 3.88. The molecule has 0 aliphatic rings. The van der Waals surface area contributed by atoms with Crippen molar-refractivity contribution in [2.24, 2.45) is 0 Å². The molecule has 0 amide bonds. The van der Waals surface area contributed by atoms with Crippen LogP contribution in [0.2, 0.25) is 0 Å². The summed E-state index contributed by atoms with van der Waals surface area (Å²) in [7, 11) is -3.80. The van der Waals surface area contributed by atoms with Crippen molar-refractivity contribution in [3.8, 4) is 11.3 Å². The van der Waals surface area contributed by atoms with E-state index in [4.69, 9.17) is 4.52 Å². The molecule has 0 aliphatic heterocycles. The van der Waals surface area contributed by atoms with Crippen molar-refractivity contribution in [1.82, 2.24) is 19.5 Å². The molecule has 3 heterocycles. The first kappa shape index (κ1) is 16.3. The number of nitrogens with zero attached hydrogens (tertiary/aromatic N) is 4. The first-order chi connectivity index (χ1) is 12.4. The van der Waals surface area contributed by atoms with Crippen LogP contribution in [0.5, 0.6) is 0 Å². The molecule has 1 aromatic carbocycles. The Hall–Kier alpha value is -3.20. The quantitative estimate of drug-likeness (QED) is 0.593. The molecule has 132 valence electrons. The lowest BCUT2D eigenvalue weighted by Crippen LogP contribution is -2.14. The predicted octanol–water partition coefficient (Wildman–Crippen LogP) is 2.80. The highest BCUT2D eigenvalue weighted by Crippen LogP contribution is 2.26. The van der Waals surface area contributed by atoms with Gasteiger partial charge in [0.15, 0.2) is 10.7 Å². The summed E-state index contributed by atoms with van der Waals surface area (Å²) in [5, 5.41) is 3.70. The molecule has 26 heavy (non-hydrogen) atoms. The highest BCUT2D eigenvalue weighted by Gasteiger charge is 2.24. The number of imidazole rings is 1. The Balaban J connectivity index is 1.70. The van der Waals surface area contributed by atoms with E-state index in [9.17, 15) is 8.42 Å². The molecule has 0 aliphatic carbocycles. The summed E-state index contributed by atoms with van der Waals surface area (Å²) >= 11 is 0. The van der Waals surface area contributed by atoms with Crippen molar-refractivity contribution in [2.45, 2.75) is 18.7 Å². The van der Waals surface area contributed by atoms with Crippen LogP contribution in [0.4, 0.5) is 5.69 Å². The van der Waals surface area contributed by atoms with E-state index in [1.54, 1.807) is 42.6 Å². The van der Waals surface area contributed by atoms with E-state index in [1.807, 2.05) is 24.5 Å². The Morgan fingerprint density at radius 3 is 2.77 bits per heavy atom. The third-order valence-corrected chi connectivity index (χ3v) is 5.51. The molecule has 0 spiro atoms. The number of aryl methyl sites for hydroxylation is 2. The molecule has 0 atom stereocenters. The minimum atomic E-state index is -3.80. The standard InChI is InChI=1S/C17H15N5O3S/c1-11-16(12(2)25-20-11)26(23,24)21-14-6-3-5-13(9-14)15-10-22-8-4-7-18-17(22)19-15/h3-10,21H,1-2H3. The minimum Gasteiger partial charge on any atom is -0.360 e. The normalized spacial score (nSPS) is 11.8. The maximum absolute atomic E-state index is 12.7. The molecule has 0 unspecified atom stereocenters. The summed E-state index contributed by atoms with van der Waals surface area (Å²) in [5.74, 6) is 0.821. The molecule has 0 saturated heterocycles. The van der Waals surface area contributed by atoms with Crippen LogP contribution in [-0.2, 0) is 10.0 Å². The fourth-order valence-electron chi connectivity index (χ4n) is 2.78. The monoisotopic (exact) mass is 369 g/mol. The van der Waals surface area contributed by atoms with Crippen LogP contribution in [0.15, 0.2) is 58.3 Å². The van der Waals surface area contributed by atoms with Crippen LogP contribution in [0.1, 0.15) is 11.5 Å². The first-order valence-electron chi connectivity index (χ1n) is 7.80. The Morgan fingerprint density at radius 1 is 1.19 bits per heavy atom. The van der Waals surface area contributed by atoms with Gasteiger partial charge in [-0.2, -0.15) is 0 Å².